The molecule has 0 aromatic carbocycles. The van der Waals surface area contributed by atoms with E-state index in [4.69, 9.17) is 20.7 Å². The molecule has 2 N–H and O–H groups in total. The molecule has 0 aliphatic carbocycles. The van der Waals surface area contributed by atoms with E-state index in [0.29, 0.717) is 0 Å². The zero-order chi connectivity index (χ0) is 11.4. The van der Waals surface area contributed by atoms with Gasteiger partial charge >= 0.3 is 0 Å². The van der Waals surface area contributed by atoms with Crippen LogP contribution in [-0.2, 0) is 20.2 Å². The molecule has 0 heterocycles. The van der Waals surface area contributed by atoms with E-state index in [0.717, 1.165) is 0 Å². The molecule has 0 radical (unpaired) electrons. The molecule has 0 spiro atoms. The van der Waals surface area contributed by atoms with E-state index < -0.39 is 37.1 Å². The van der Waals surface area contributed by atoms with Crippen LogP contribution in [0.5, 0.6) is 0 Å². The number of hydrogen-bond donors (Lipinski definition) is 2. The van der Waals surface area contributed by atoms with Crippen molar-refractivity contribution in [1.29, 1.82) is 0 Å². The number of hydrogen-bond acceptors (Lipinski definition) is 4. The molecule has 0 saturated heterocycles. The first kappa shape index (κ1) is 14.1. The van der Waals surface area contributed by atoms with Crippen LogP contribution < -0.4 is 0 Å². The second kappa shape index (κ2) is 5.26. The average molecular weight is 267 g/mol. The first-order chi connectivity index (χ1) is 6.10. The molecule has 0 fully saturated rings. The molecular formula is C5H11ClO6S2. The molecule has 0 aromatic rings. The lowest BCUT2D eigenvalue weighted by molar-refractivity contribution is 0.478. The minimum Gasteiger partial charge on any atom is -0.286 e. The predicted octanol–water partition coefficient (Wildman–Crippen LogP) is 0.150. The molecule has 0 rings (SSSR count). The Labute approximate surface area is 87.8 Å². The molecule has 0 saturated carbocycles. The van der Waals surface area contributed by atoms with Crippen LogP contribution in [0, 0.1) is 0 Å². The van der Waals surface area contributed by atoms with Gasteiger partial charge in [-0.2, -0.15) is 16.8 Å². The van der Waals surface area contributed by atoms with Gasteiger partial charge in [0, 0.05) is 5.38 Å². The molecule has 0 amide bonds. The third-order valence-electron chi connectivity index (χ3n) is 1.31. The summed E-state index contributed by atoms with van der Waals surface area (Å²) < 4.78 is 57.8. The van der Waals surface area contributed by atoms with Gasteiger partial charge < -0.3 is 0 Å². The highest BCUT2D eigenvalue weighted by molar-refractivity contribution is 7.86. The predicted molar refractivity (Wildman–Crippen MR) is 51.7 cm³/mol. The molecule has 0 aliphatic heterocycles. The lowest BCUT2D eigenvalue weighted by Crippen LogP contribution is -2.16. The number of alkyl halides is 1. The molecule has 6 nitrogen and oxygen atoms in total. The Morgan fingerprint density at radius 3 is 1.93 bits per heavy atom. The van der Waals surface area contributed by atoms with Crippen molar-refractivity contribution >= 4 is 31.8 Å². The van der Waals surface area contributed by atoms with Gasteiger partial charge in [0.15, 0.2) is 0 Å². The lowest BCUT2D eigenvalue weighted by Gasteiger charge is -2.05. The topological polar surface area (TPSA) is 109 Å². The van der Waals surface area contributed by atoms with Gasteiger partial charge in [-0.25, -0.2) is 0 Å². The van der Waals surface area contributed by atoms with Gasteiger partial charge in [0.2, 0.25) is 0 Å². The number of halogens is 1. The maximum absolute atomic E-state index is 10.3. The lowest BCUT2D eigenvalue weighted by atomic mass is 10.3. The molecule has 9 heteroatoms. The first-order valence-corrected chi connectivity index (χ1v) is 7.30. The van der Waals surface area contributed by atoms with Gasteiger partial charge in [-0.05, 0) is 12.8 Å². The summed E-state index contributed by atoms with van der Waals surface area (Å²) in [5.74, 6) is -1.10. The quantitative estimate of drug-likeness (QED) is 0.523. The van der Waals surface area contributed by atoms with Crippen LogP contribution >= 0.6 is 11.6 Å². The maximum atomic E-state index is 10.3. The zero-order valence-corrected chi connectivity index (χ0v) is 9.52. The highest BCUT2D eigenvalue weighted by Gasteiger charge is 2.15. The van der Waals surface area contributed by atoms with Crippen molar-refractivity contribution < 1.29 is 25.9 Å². The minimum atomic E-state index is -4.13. The third kappa shape index (κ3) is 10.2. The molecule has 0 bridgehead atoms. The Morgan fingerprint density at radius 2 is 1.57 bits per heavy atom. The first-order valence-electron chi connectivity index (χ1n) is 3.64. The molecule has 0 aliphatic rings. The minimum absolute atomic E-state index is 0.0442. The van der Waals surface area contributed by atoms with Gasteiger partial charge in [-0.1, -0.05) is 0 Å². The van der Waals surface area contributed by atoms with Crippen molar-refractivity contribution in [3.8, 4) is 0 Å². The summed E-state index contributed by atoms with van der Waals surface area (Å²) in [7, 11) is -8.17. The zero-order valence-electron chi connectivity index (χ0n) is 7.13. The highest BCUT2D eigenvalue weighted by Crippen LogP contribution is 2.08. The Bertz CT molecular complexity index is 358. The maximum Gasteiger partial charge on any atom is 0.266 e. The summed E-state index contributed by atoms with van der Waals surface area (Å²) in [6, 6.07) is 0. The number of rotatable bonds is 6. The third-order valence-corrected chi connectivity index (χ3v) is 3.49. The van der Waals surface area contributed by atoms with Gasteiger partial charge in [-0.15, -0.1) is 11.6 Å². The smallest absolute Gasteiger partial charge is 0.266 e. The summed E-state index contributed by atoms with van der Waals surface area (Å²) in [5.41, 5.74) is 0. The molecule has 1 atom stereocenters. The average Bonchev–Trinajstić information content (AvgIpc) is 1.78. The Kier molecular flexibility index (Phi) is 5.31. The van der Waals surface area contributed by atoms with Crippen molar-refractivity contribution in [2.75, 3.05) is 11.5 Å². The van der Waals surface area contributed by atoms with E-state index in [1.807, 2.05) is 0 Å². The fourth-order valence-corrected chi connectivity index (χ4v) is 2.59. The van der Waals surface area contributed by atoms with E-state index in [1.54, 1.807) is 0 Å². The van der Waals surface area contributed by atoms with Crippen molar-refractivity contribution in [3.63, 3.8) is 0 Å². The summed E-state index contributed by atoms with van der Waals surface area (Å²) >= 11 is 5.48. The summed E-state index contributed by atoms with van der Waals surface area (Å²) in [6.07, 6.45) is 0.129. The summed E-state index contributed by atoms with van der Waals surface area (Å²) in [5, 5.41) is -0.855. The molecule has 1 unspecified atom stereocenters. The van der Waals surface area contributed by atoms with E-state index in [-0.39, 0.29) is 12.8 Å². The van der Waals surface area contributed by atoms with Gasteiger partial charge in [-0.3, -0.25) is 9.11 Å². The normalized spacial score (nSPS) is 15.4. The van der Waals surface area contributed by atoms with Crippen molar-refractivity contribution in [2.45, 2.75) is 18.2 Å². The van der Waals surface area contributed by atoms with E-state index in [1.165, 1.54) is 0 Å². The van der Waals surface area contributed by atoms with Crippen LogP contribution in [-0.4, -0.2) is 42.8 Å². The van der Waals surface area contributed by atoms with Gasteiger partial charge in [0.1, 0.15) is 0 Å². The SMILES string of the molecule is O=S(=O)(O)CCCC(Cl)CS(=O)(=O)O. The van der Waals surface area contributed by atoms with Crippen molar-refractivity contribution in [3.05, 3.63) is 0 Å². The van der Waals surface area contributed by atoms with Crippen molar-refractivity contribution in [2.24, 2.45) is 0 Å². The molecular weight excluding hydrogens is 256 g/mol. The molecule has 0 aromatic heterocycles. The van der Waals surface area contributed by atoms with E-state index in [2.05, 4.69) is 0 Å². The van der Waals surface area contributed by atoms with Crippen LogP contribution in [0.25, 0.3) is 0 Å². The second-order valence-corrected chi connectivity index (χ2v) is 6.46. The molecule has 14 heavy (non-hydrogen) atoms. The van der Waals surface area contributed by atoms with E-state index >= 15 is 0 Å². The van der Waals surface area contributed by atoms with Crippen LogP contribution in [0.1, 0.15) is 12.8 Å². The second-order valence-electron chi connectivity index (χ2n) is 2.77. The highest BCUT2D eigenvalue weighted by atomic mass is 35.5. The fraction of sp³-hybridized carbons (Fsp3) is 1.00. The van der Waals surface area contributed by atoms with Gasteiger partial charge in [0.25, 0.3) is 20.2 Å². The van der Waals surface area contributed by atoms with Crippen LogP contribution in [0.4, 0.5) is 0 Å². The van der Waals surface area contributed by atoms with Crippen LogP contribution in [0.15, 0.2) is 0 Å². The van der Waals surface area contributed by atoms with Crippen LogP contribution in [0.2, 0.25) is 0 Å². The van der Waals surface area contributed by atoms with Crippen LogP contribution in [0.3, 0.4) is 0 Å². The Morgan fingerprint density at radius 1 is 1.07 bits per heavy atom. The largest absolute Gasteiger partial charge is 0.286 e. The van der Waals surface area contributed by atoms with E-state index in [9.17, 15) is 16.8 Å². The fourth-order valence-electron chi connectivity index (χ4n) is 0.799. The molecule has 86 valence electrons. The van der Waals surface area contributed by atoms with Gasteiger partial charge in [0.05, 0.1) is 11.5 Å². The monoisotopic (exact) mass is 266 g/mol. The Balaban J connectivity index is 3.82. The van der Waals surface area contributed by atoms with Crippen molar-refractivity contribution in [1.82, 2.24) is 0 Å². The summed E-state index contributed by atoms with van der Waals surface area (Å²) in [4.78, 5) is 0. The standard InChI is InChI=1S/C5H11ClO6S2/c6-5(4-14(10,11)12)2-1-3-13(7,8)9/h5H,1-4H2,(H,7,8,9)(H,10,11,12). The summed E-state index contributed by atoms with van der Waals surface area (Å²) in [6.45, 7) is 0. The Hall–Kier alpha value is 0.110.